The number of nitrogens with zero attached hydrogens (tertiary/aromatic N) is 3. The molecule has 0 bridgehead atoms. The molecule has 0 aliphatic heterocycles. The monoisotopic (exact) mass is 263 g/mol. The van der Waals surface area contributed by atoms with Crippen LogP contribution in [0.15, 0.2) is 34.4 Å². The van der Waals surface area contributed by atoms with Gasteiger partial charge in [0.15, 0.2) is 5.03 Å². The third-order valence-corrected chi connectivity index (χ3v) is 3.92. The number of benzene rings is 1. The van der Waals surface area contributed by atoms with E-state index in [0.717, 1.165) is 10.5 Å². The smallest absolute Gasteiger partial charge is 0.358 e. The molecule has 0 amide bonds. The van der Waals surface area contributed by atoms with Crippen molar-refractivity contribution in [3.05, 3.63) is 45.8 Å². The van der Waals surface area contributed by atoms with Gasteiger partial charge in [-0.1, -0.05) is 29.5 Å². The standard InChI is InChI=1S/C12H13N3O2S/c1-8-4-5-10(9(2)6-8)18-12-11(15(16)17)13-7-14(12)3/h4-7H,1-3H3. The van der Waals surface area contributed by atoms with Crippen LogP contribution in [0.1, 0.15) is 11.1 Å². The van der Waals surface area contributed by atoms with Gasteiger partial charge in [0, 0.05) is 11.9 Å². The lowest BCUT2D eigenvalue weighted by atomic mass is 10.2. The lowest BCUT2D eigenvalue weighted by molar-refractivity contribution is -0.392. The summed E-state index contributed by atoms with van der Waals surface area (Å²) in [6.07, 6.45) is 1.46. The molecular formula is C12H13N3O2S. The van der Waals surface area contributed by atoms with Gasteiger partial charge >= 0.3 is 5.82 Å². The molecule has 0 radical (unpaired) electrons. The maximum absolute atomic E-state index is 10.9. The van der Waals surface area contributed by atoms with E-state index in [2.05, 4.69) is 11.1 Å². The quantitative estimate of drug-likeness (QED) is 0.630. The Balaban J connectivity index is 2.39. The van der Waals surface area contributed by atoms with E-state index in [9.17, 15) is 10.1 Å². The summed E-state index contributed by atoms with van der Waals surface area (Å²) in [7, 11) is 1.76. The first-order chi connectivity index (χ1) is 8.49. The highest BCUT2D eigenvalue weighted by Gasteiger charge is 2.21. The van der Waals surface area contributed by atoms with E-state index in [1.807, 2.05) is 26.0 Å². The molecule has 2 rings (SSSR count). The van der Waals surface area contributed by atoms with Crippen molar-refractivity contribution in [1.82, 2.24) is 9.55 Å². The maximum atomic E-state index is 10.9. The third kappa shape index (κ3) is 2.38. The van der Waals surface area contributed by atoms with Crippen molar-refractivity contribution in [2.24, 2.45) is 7.05 Å². The van der Waals surface area contributed by atoms with Crippen LogP contribution >= 0.6 is 11.8 Å². The fourth-order valence-corrected chi connectivity index (χ4v) is 2.64. The third-order valence-electron chi connectivity index (χ3n) is 2.57. The molecule has 0 fully saturated rings. The molecule has 1 heterocycles. The lowest BCUT2D eigenvalue weighted by Crippen LogP contribution is -1.94. The minimum Gasteiger partial charge on any atom is -0.358 e. The first-order valence-electron chi connectivity index (χ1n) is 5.40. The number of nitro groups is 1. The number of rotatable bonds is 3. The Morgan fingerprint density at radius 2 is 2.11 bits per heavy atom. The van der Waals surface area contributed by atoms with Gasteiger partial charge in [-0.15, -0.1) is 0 Å². The van der Waals surface area contributed by atoms with Gasteiger partial charge < -0.3 is 14.7 Å². The van der Waals surface area contributed by atoms with Crippen LogP contribution < -0.4 is 0 Å². The maximum Gasteiger partial charge on any atom is 0.396 e. The normalized spacial score (nSPS) is 10.6. The zero-order chi connectivity index (χ0) is 13.3. The molecule has 2 aromatic rings. The van der Waals surface area contributed by atoms with E-state index in [1.54, 1.807) is 11.6 Å². The molecule has 0 N–H and O–H groups in total. The van der Waals surface area contributed by atoms with Crippen LogP contribution in [0, 0.1) is 24.0 Å². The van der Waals surface area contributed by atoms with Crippen LogP contribution in [0.2, 0.25) is 0 Å². The van der Waals surface area contributed by atoms with Crippen molar-refractivity contribution in [3.8, 4) is 0 Å². The number of aromatic nitrogens is 2. The molecule has 5 nitrogen and oxygen atoms in total. The van der Waals surface area contributed by atoms with Gasteiger partial charge in [-0.25, -0.2) is 0 Å². The summed E-state index contributed by atoms with van der Waals surface area (Å²) in [5.74, 6) is -0.0949. The van der Waals surface area contributed by atoms with Crippen LogP contribution in [0.5, 0.6) is 0 Å². The summed E-state index contributed by atoms with van der Waals surface area (Å²) in [6, 6.07) is 6.04. The zero-order valence-electron chi connectivity index (χ0n) is 10.4. The van der Waals surface area contributed by atoms with Gasteiger partial charge in [-0.2, -0.15) is 0 Å². The van der Waals surface area contributed by atoms with Crippen LogP contribution in [-0.2, 0) is 7.05 Å². The Bertz CT molecular complexity index is 607. The average molecular weight is 263 g/mol. The van der Waals surface area contributed by atoms with E-state index in [0.29, 0.717) is 5.03 Å². The second-order valence-corrected chi connectivity index (χ2v) is 5.14. The minimum absolute atomic E-state index is 0.0949. The summed E-state index contributed by atoms with van der Waals surface area (Å²) in [4.78, 5) is 15.2. The van der Waals surface area contributed by atoms with Crippen LogP contribution in [0.25, 0.3) is 0 Å². The zero-order valence-corrected chi connectivity index (χ0v) is 11.2. The van der Waals surface area contributed by atoms with Crippen molar-refractivity contribution in [2.75, 3.05) is 0 Å². The van der Waals surface area contributed by atoms with E-state index < -0.39 is 4.92 Å². The van der Waals surface area contributed by atoms with Crippen molar-refractivity contribution >= 4 is 17.6 Å². The summed E-state index contributed by atoms with van der Waals surface area (Å²) < 4.78 is 1.67. The largest absolute Gasteiger partial charge is 0.396 e. The Hall–Kier alpha value is -1.82. The number of imidazole rings is 1. The second-order valence-electron chi connectivity index (χ2n) is 4.11. The highest BCUT2D eigenvalue weighted by molar-refractivity contribution is 7.99. The van der Waals surface area contributed by atoms with E-state index in [4.69, 9.17) is 0 Å². The number of hydrogen-bond acceptors (Lipinski definition) is 4. The van der Waals surface area contributed by atoms with Gasteiger partial charge in [-0.3, -0.25) is 0 Å². The first kappa shape index (κ1) is 12.6. The minimum atomic E-state index is -0.453. The van der Waals surface area contributed by atoms with Gasteiger partial charge in [0.05, 0.1) is 0 Å². The number of hydrogen-bond donors (Lipinski definition) is 0. The van der Waals surface area contributed by atoms with Crippen molar-refractivity contribution in [2.45, 2.75) is 23.8 Å². The van der Waals surface area contributed by atoms with Crippen molar-refractivity contribution in [3.63, 3.8) is 0 Å². The Kier molecular flexibility index (Phi) is 3.38. The van der Waals surface area contributed by atoms with Crippen LogP contribution in [-0.4, -0.2) is 14.5 Å². The molecule has 1 aromatic carbocycles. The highest BCUT2D eigenvalue weighted by Crippen LogP contribution is 2.35. The van der Waals surface area contributed by atoms with E-state index in [-0.39, 0.29) is 5.82 Å². The summed E-state index contributed by atoms with van der Waals surface area (Å²) in [5.41, 5.74) is 2.28. The van der Waals surface area contributed by atoms with Gasteiger partial charge in [0.1, 0.15) is 0 Å². The van der Waals surface area contributed by atoms with Crippen LogP contribution in [0.4, 0.5) is 5.82 Å². The molecule has 18 heavy (non-hydrogen) atoms. The fraction of sp³-hybridized carbons (Fsp3) is 0.250. The van der Waals surface area contributed by atoms with Crippen molar-refractivity contribution < 1.29 is 4.92 Å². The first-order valence-corrected chi connectivity index (χ1v) is 6.21. The SMILES string of the molecule is Cc1ccc(Sc2c([N+](=O)[O-])ncn2C)c(C)c1. The molecule has 0 aliphatic rings. The molecule has 0 spiro atoms. The Labute approximate surface area is 109 Å². The van der Waals surface area contributed by atoms with E-state index >= 15 is 0 Å². The summed E-state index contributed by atoms with van der Waals surface area (Å²) in [6.45, 7) is 4.02. The topological polar surface area (TPSA) is 61.0 Å². The predicted octanol–water partition coefficient (Wildman–Crippen LogP) is 3.10. The fourth-order valence-electron chi connectivity index (χ4n) is 1.67. The lowest BCUT2D eigenvalue weighted by Gasteiger charge is -2.06. The molecule has 6 heteroatoms. The predicted molar refractivity (Wildman–Crippen MR) is 69.9 cm³/mol. The molecular weight excluding hydrogens is 250 g/mol. The molecule has 0 unspecified atom stereocenters. The molecule has 0 atom stereocenters. The summed E-state index contributed by atoms with van der Waals surface area (Å²) in [5, 5.41) is 11.4. The van der Waals surface area contributed by atoms with Crippen molar-refractivity contribution in [1.29, 1.82) is 0 Å². The Morgan fingerprint density at radius 1 is 1.39 bits per heavy atom. The number of aryl methyl sites for hydroxylation is 3. The molecule has 94 valence electrons. The molecule has 0 saturated heterocycles. The highest BCUT2D eigenvalue weighted by atomic mass is 32.2. The Morgan fingerprint density at radius 3 is 2.72 bits per heavy atom. The van der Waals surface area contributed by atoms with Gasteiger partial charge in [0.2, 0.25) is 6.33 Å². The van der Waals surface area contributed by atoms with E-state index in [1.165, 1.54) is 23.7 Å². The molecule has 1 aromatic heterocycles. The second kappa shape index (κ2) is 4.81. The molecule has 0 saturated carbocycles. The van der Waals surface area contributed by atoms with Gasteiger partial charge in [-0.05, 0) is 35.4 Å². The van der Waals surface area contributed by atoms with Crippen LogP contribution in [0.3, 0.4) is 0 Å². The molecule has 0 aliphatic carbocycles. The average Bonchev–Trinajstić information content (AvgIpc) is 2.64. The van der Waals surface area contributed by atoms with Gasteiger partial charge in [0.25, 0.3) is 0 Å². The summed E-state index contributed by atoms with van der Waals surface area (Å²) >= 11 is 1.37.